The molecule has 1 atom stereocenters. The Morgan fingerprint density at radius 3 is 2.53 bits per heavy atom. The molecule has 6 nitrogen and oxygen atoms in total. The minimum Gasteiger partial charge on any atom is -0.497 e. The second-order valence-electron chi connectivity index (χ2n) is 6.88. The third kappa shape index (κ3) is 4.07. The fourth-order valence-electron chi connectivity index (χ4n) is 3.25. The molecular weight excluding hydrogens is 376 g/mol. The summed E-state index contributed by atoms with van der Waals surface area (Å²) < 4.78 is 7.07. The fourth-order valence-corrected chi connectivity index (χ4v) is 3.25. The van der Waals surface area contributed by atoms with Crippen molar-refractivity contribution in [3.05, 3.63) is 96.4 Å². The van der Waals surface area contributed by atoms with Crippen molar-refractivity contribution in [2.45, 2.75) is 13.0 Å². The van der Waals surface area contributed by atoms with Crippen molar-refractivity contribution in [2.75, 3.05) is 7.11 Å². The Kier molecular flexibility index (Phi) is 5.57. The number of para-hydroxylation sites is 1. The Morgan fingerprint density at radius 2 is 1.80 bits per heavy atom. The lowest BCUT2D eigenvalue weighted by molar-refractivity contribution is 0.0940. The predicted octanol–water partition coefficient (Wildman–Crippen LogP) is 4.43. The summed E-state index contributed by atoms with van der Waals surface area (Å²) in [6.07, 6.45) is 5.19. The van der Waals surface area contributed by atoms with Crippen LogP contribution >= 0.6 is 0 Å². The SMILES string of the molecule is COc1cccc(-c2nn(-c3ccccc3)cc2C(=O)N[C@@H](C)c2ccncc2)c1. The first kappa shape index (κ1) is 19.4. The molecule has 0 aliphatic heterocycles. The highest BCUT2D eigenvalue weighted by atomic mass is 16.5. The van der Waals surface area contributed by atoms with E-state index in [2.05, 4.69) is 10.3 Å². The third-order valence-corrected chi connectivity index (χ3v) is 4.88. The number of nitrogens with one attached hydrogen (secondary N) is 1. The normalized spacial score (nSPS) is 11.7. The molecule has 1 amide bonds. The number of ether oxygens (including phenoxy) is 1. The van der Waals surface area contributed by atoms with Gasteiger partial charge in [-0.25, -0.2) is 4.68 Å². The first-order valence-corrected chi connectivity index (χ1v) is 9.66. The first-order valence-electron chi connectivity index (χ1n) is 9.66. The lowest BCUT2D eigenvalue weighted by Crippen LogP contribution is -2.26. The molecule has 2 aromatic carbocycles. The zero-order chi connectivity index (χ0) is 20.9. The van der Waals surface area contributed by atoms with E-state index in [0.717, 1.165) is 16.8 Å². The van der Waals surface area contributed by atoms with Gasteiger partial charge in [-0.2, -0.15) is 5.10 Å². The van der Waals surface area contributed by atoms with Crippen LogP contribution in [0.4, 0.5) is 0 Å². The molecule has 6 heteroatoms. The largest absolute Gasteiger partial charge is 0.497 e. The number of carbonyl (C=O) groups excluding carboxylic acids is 1. The number of methoxy groups -OCH3 is 1. The quantitative estimate of drug-likeness (QED) is 0.522. The average Bonchev–Trinajstić information content (AvgIpc) is 3.26. The molecule has 2 heterocycles. The van der Waals surface area contributed by atoms with Crippen molar-refractivity contribution < 1.29 is 9.53 Å². The van der Waals surface area contributed by atoms with Crippen molar-refractivity contribution in [2.24, 2.45) is 0 Å². The molecule has 0 aliphatic rings. The summed E-state index contributed by atoms with van der Waals surface area (Å²) >= 11 is 0. The van der Waals surface area contributed by atoms with Crippen molar-refractivity contribution in [3.8, 4) is 22.7 Å². The minimum atomic E-state index is -0.195. The second kappa shape index (κ2) is 8.61. The highest BCUT2D eigenvalue weighted by molar-refractivity contribution is 6.00. The number of nitrogens with zero attached hydrogens (tertiary/aromatic N) is 3. The number of hydrogen-bond donors (Lipinski definition) is 1. The van der Waals surface area contributed by atoms with Crippen LogP contribution in [0.2, 0.25) is 0 Å². The van der Waals surface area contributed by atoms with Crippen molar-refractivity contribution in [1.29, 1.82) is 0 Å². The van der Waals surface area contributed by atoms with E-state index < -0.39 is 0 Å². The van der Waals surface area contributed by atoms with E-state index in [1.54, 1.807) is 30.4 Å². The van der Waals surface area contributed by atoms with Crippen LogP contribution in [0.15, 0.2) is 85.3 Å². The van der Waals surface area contributed by atoms with Crippen molar-refractivity contribution in [3.63, 3.8) is 0 Å². The molecule has 0 spiro atoms. The summed E-state index contributed by atoms with van der Waals surface area (Å²) in [5.74, 6) is 0.512. The van der Waals surface area contributed by atoms with E-state index in [0.29, 0.717) is 17.0 Å². The molecule has 4 rings (SSSR count). The van der Waals surface area contributed by atoms with Gasteiger partial charge in [-0.1, -0.05) is 30.3 Å². The van der Waals surface area contributed by atoms with E-state index in [1.807, 2.05) is 73.7 Å². The lowest BCUT2D eigenvalue weighted by Gasteiger charge is -2.14. The number of amides is 1. The van der Waals surface area contributed by atoms with Gasteiger partial charge in [0.15, 0.2) is 0 Å². The van der Waals surface area contributed by atoms with Gasteiger partial charge in [-0.3, -0.25) is 9.78 Å². The van der Waals surface area contributed by atoms with Gasteiger partial charge in [0, 0.05) is 24.2 Å². The van der Waals surface area contributed by atoms with Crippen molar-refractivity contribution in [1.82, 2.24) is 20.1 Å². The molecule has 4 aromatic rings. The number of hydrogen-bond acceptors (Lipinski definition) is 4. The summed E-state index contributed by atoms with van der Waals surface area (Å²) in [6, 6.07) is 20.9. The summed E-state index contributed by atoms with van der Waals surface area (Å²) in [5.41, 5.74) is 3.76. The number of pyridine rings is 1. The second-order valence-corrected chi connectivity index (χ2v) is 6.88. The fraction of sp³-hybridized carbons (Fsp3) is 0.125. The van der Waals surface area contributed by atoms with Gasteiger partial charge < -0.3 is 10.1 Å². The average molecular weight is 398 g/mol. The standard InChI is InChI=1S/C24H22N4O2/c1-17(18-11-13-25-14-12-18)26-24(29)22-16-28(20-8-4-3-5-9-20)27-23(22)19-7-6-10-21(15-19)30-2/h3-17H,1-2H3,(H,26,29)/t17-/m0/s1. The summed E-state index contributed by atoms with van der Waals surface area (Å²) in [6.45, 7) is 1.94. The van der Waals surface area contributed by atoms with Crippen LogP contribution in [-0.4, -0.2) is 27.8 Å². The van der Waals surface area contributed by atoms with Crippen LogP contribution in [-0.2, 0) is 0 Å². The molecule has 2 aromatic heterocycles. The van der Waals surface area contributed by atoms with E-state index in [4.69, 9.17) is 9.84 Å². The monoisotopic (exact) mass is 398 g/mol. The maximum Gasteiger partial charge on any atom is 0.255 e. The van der Waals surface area contributed by atoms with Gasteiger partial charge in [-0.15, -0.1) is 0 Å². The van der Waals surface area contributed by atoms with Gasteiger partial charge in [0.2, 0.25) is 0 Å². The van der Waals surface area contributed by atoms with E-state index in [-0.39, 0.29) is 11.9 Å². The summed E-state index contributed by atoms with van der Waals surface area (Å²) in [7, 11) is 1.62. The smallest absolute Gasteiger partial charge is 0.255 e. The van der Waals surface area contributed by atoms with Crippen LogP contribution in [0.3, 0.4) is 0 Å². The van der Waals surface area contributed by atoms with Crippen LogP contribution in [0.5, 0.6) is 5.75 Å². The first-order chi connectivity index (χ1) is 14.7. The van der Waals surface area contributed by atoms with Crippen LogP contribution < -0.4 is 10.1 Å². The number of carbonyl (C=O) groups is 1. The zero-order valence-corrected chi connectivity index (χ0v) is 16.8. The Labute approximate surface area is 175 Å². The van der Waals surface area contributed by atoms with E-state index in [9.17, 15) is 4.79 Å². The van der Waals surface area contributed by atoms with Gasteiger partial charge in [0.1, 0.15) is 11.4 Å². The molecule has 0 bridgehead atoms. The van der Waals surface area contributed by atoms with E-state index in [1.165, 1.54) is 0 Å². The maximum atomic E-state index is 13.2. The van der Waals surface area contributed by atoms with Crippen LogP contribution in [0.25, 0.3) is 16.9 Å². The molecule has 1 N–H and O–H groups in total. The highest BCUT2D eigenvalue weighted by Crippen LogP contribution is 2.27. The number of rotatable bonds is 6. The molecule has 0 aliphatic carbocycles. The Balaban J connectivity index is 1.73. The maximum absolute atomic E-state index is 13.2. The molecular formula is C24H22N4O2. The Bertz CT molecular complexity index is 1140. The molecule has 0 saturated heterocycles. The van der Waals surface area contributed by atoms with Crippen LogP contribution in [0.1, 0.15) is 28.9 Å². The molecule has 30 heavy (non-hydrogen) atoms. The Morgan fingerprint density at radius 1 is 1.03 bits per heavy atom. The lowest BCUT2D eigenvalue weighted by atomic mass is 10.1. The minimum absolute atomic E-state index is 0.168. The number of benzene rings is 2. The Hall–Kier alpha value is -3.93. The predicted molar refractivity (Wildman–Crippen MR) is 116 cm³/mol. The zero-order valence-electron chi connectivity index (χ0n) is 16.8. The third-order valence-electron chi connectivity index (χ3n) is 4.88. The molecule has 0 fully saturated rings. The van der Waals surface area contributed by atoms with Gasteiger partial charge in [-0.05, 0) is 48.9 Å². The molecule has 0 saturated carbocycles. The van der Waals surface area contributed by atoms with Gasteiger partial charge >= 0.3 is 0 Å². The van der Waals surface area contributed by atoms with Crippen LogP contribution in [0, 0.1) is 0 Å². The molecule has 0 unspecified atom stereocenters. The van der Waals surface area contributed by atoms with E-state index >= 15 is 0 Å². The molecule has 0 radical (unpaired) electrons. The summed E-state index contributed by atoms with van der Waals surface area (Å²) in [5, 5.41) is 7.78. The van der Waals surface area contributed by atoms with Gasteiger partial charge in [0.25, 0.3) is 5.91 Å². The number of aromatic nitrogens is 3. The van der Waals surface area contributed by atoms with Gasteiger partial charge in [0.05, 0.1) is 24.4 Å². The highest BCUT2D eigenvalue weighted by Gasteiger charge is 2.21. The van der Waals surface area contributed by atoms with Crippen molar-refractivity contribution >= 4 is 5.91 Å². The topological polar surface area (TPSA) is 69.0 Å². The molecule has 150 valence electrons. The summed E-state index contributed by atoms with van der Waals surface area (Å²) in [4.78, 5) is 17.2.